The summed E-state index contributed by atoms with van der Waals surface area (Å²) in [5, 5.41) is 10.5. The van der Waals surface area contributed by atoms with Gasteiger partial charge in [0.1, 0.15) is 19.3 Å². The van der Waals surface area contributed by atoms with E-state index in [4.69, 9.17) is 37.0 Å². The highest BCUT2D eigenvalue weighted by Crippen LogP contribution is 2.45. The molecule has 0 aliphatic rings. The number of esters is 4. The highest BCUT2D eigenvalue weighted by Gasteiger charge is 2.30. The average Bonchev–Trinajstić information content (AvgIpc) is 3.39. The van der Waals surface area contributed by atoms with Crippen molar-refractivity contribution in [3.8, 4) is 0 Å². The summed E-state index contributed by atoms with van der Waals surface area (Å²) in [5.41, 5.74) is 0. The minimum atomic E-state index is -4.94. The first-order chi connectivity index (χ1) is 37.6. The van der Waals surface area contributed by atoms with Crippen LogP contribution in [-0.4, -0.2) is 96.7 Å². The van der Waals surface area contributed by atoms with E-state index in [2.05, 4.69) is 55.4 Å². The molecular formula is C60H116O17P2. The zero-order valence-corrected chi connectivity index (χ0v) is 52.8. The van der Waals surface area contributed by atoms with E-state index in [9.17, 15) is 43.2 Å². The minimum absolute atomic E-state index is 0.100. The van der Waals surface area contributed by atoms with Gasteiger partial charge in [-0.3, -0.25) is 37.3 Å². The van der Waals surface area contributed by atoms with Crippen LogP contribution in [0.3, 0.4) is 0 Å². The molecule has 468 valence electrons. The lowest BCUT2D eigenvalue weighted by Gasteiger charge is -2.21. The number of aliphatic hydroxyl groups is 1. The summed E-state index contributed by atoms with van der Waals surface area (Å²) in [5.74, 6) is 0.649. The van der Waals surface area contributed by atoms with Gasteiger partial charge in [-0.25, -0.2) is 9.13 Å². The van der Waals surface area contributed by atoms with Gasteiger partial charge in [0.25, 0.3) is 0 Å². The van der Waals surface area contributed by atoms with Crippen LogP contribution in [0.1, 0.15) is 280 Å². The van der Waals surface area contributed by atoms with E-state index >= 15 is 0 Å². The summed E-state index contributed by atoms with van der Waals surface area (Å²) in [4.78, 5) is 71.9. The first kappa shape index (κ1) is 77.1. The zero-order chi connectivity index (χ0) is 59.0. The molecule has 0 aliphatic heterocycles. The number of hydrogen-bond acceptors (Lipinski definition) is 15. The minimum Gasteiger partial charge on any atom is -0.462 e. The number of phosphoric ester groups is 2. The molecular weight excluding hydrogens is 1050 g/mol. The molecule has 0 bridgehead atoms. The second kappa shape index (κ2) is 50.6. The van der Waals surface area contributed by atoms with Gasteiger partial charge in [-0.2, -0.15) is 0 Å². The van der Waals surface area contributed by atoms with Gasteiger partial charge in [0.05, 0.1) is 26.4 Å². The third kappa shape index (κ3) is 53.8. The molecule has 0 rings (SSSR count). The van der Waals surface area contributed by atoms with Gasteiger partial charge >= 0.3 is 39.5 Å². The molecule has 0 aliphatic carbocycles. The molecule has 0 aromatic carbocycles. The Morgan fingerprint density at radius 3 is 0.899 bits per heavy atom. The molecule has 0 spiro atoms. The fourth-order valence-corrected chi connectivity index (χ4v) is 10.3. The highest BCUT2D eigenvalue weighted by atomic mass is 31.2. The maximum Gasteiger partial charge on any atom is 0.472 e. The topological polar surface area (TPSA) is 237 Å². The molecule has 0 saturated heterocycles. The van der Waals surface area contributed by atoms with E-state index in [1.165, 1.54) is 70.6 Å². The Labute approximate surface area is 479 Å². The van der Waals surface area contributed by atoms with Gasteiger partial charge in [0.2, 0.25) is 0 Å². The van der Waals surface area contributed by atoms with Gasteiger partial charge in [-0.05, 0) is 49.4 Å². The fraction of sp³-hybridized carbons (Fsp3) is 0.933. The van der Waals surface area contributed by atoms with Gasteiger partial charge in [0, 0.05) is 25.7 Å². The fourth-order valence-electron chi connectivity index (χ4n) is 8.69. The lowest BCUT2D eigenvalue weighted by atomic mass is 10.00. The van der Waals surface area contributed by atoms with Crippen molar-refractivity contribution in [2.24, 2.45) is 23.7 Å². The molecule has 17 nitrogen and oxygen atoms in total. The Morgan fingerprint density at radius 1 is 0.354 bits per heavy atom. The molecule has 3 N–H and O–H groups in total. The van der Waals surface area contributed by atoms with Crippen LogP contribution in [0, 0.1) is 23.7 Å². The second-order valence-electron chi connectivity index (χ2n) is 23.4. The van der Waals surface area contributed by atoms with Crippen LogP contribution in [-0.2, 0) is 65.4 Å². The Morgan fingerprint density at radius 2 is 0.608 bits per heavy atom. The smallest absolute Gasteiger partial charge is 0.462 e. The predicted molar refractivity (Wildman–Crippen MR) is 312 cm³/mol. The van der Waals surface area contributed by atoms with Crippen molar-refractivity contribution in [3.63, 3.8) is 0 Å². The summed E-state index contributed by atoms with van der Waals surface area (Å²) in [7, 11) is -9.88. The molecule has 19 heteroatoms. The first-order valence-electron chi connectivity index (χ1n) is 31.2. The molecule has 79 heavy (non-hydrogen) atoms. The van der Waals surface area contributed by atoms with Crippen molar-refractivity contribution in [1.29, 1.82) is 0 Å². The van der Waals surface area contributed by atoms with E-state index in [1.807, 2.05) is 0 Å². The van der Waals surface area contributed by atoms with Gasteiger partial charge in [-0.15, -0.1) is 0 Å². The summed E-state index contributed by atoms with van der Waals surface area (Å²) >= 11 is 0. The summed E-state index contributed by atoms with van der Waals surface area (Å²) < 4.78 is 67.7. The van der Waals surface area contributed by atoms with Crippen LogP contribution in [0.5, 0.6) is 0 Å². The van der Waals surface area contributed by atoms with Crippen molar-refractivity contribution >= 4 is 39.5 Å². The number of carbonyl (C=O) groups excluding carboxylic acids is 4. The molecule has 0 radical (unpaired) electrons. The maximum atomic E-state index is 12.9. The second-order valence-corrected chi connectivity index (χ2v) is 26.3. The van der Waals surface area contributed by atoms with Gasteiger partial charge in [0.15, 0.2) is 12.2 Å². The van der Waals surface area contributed by atoms with Crippen molar-refractivity contribution < 1.29 is 80.2 Å². The molecule has 0 saturated carbocycles. The number of carbonyl (C=O) groups is 4. The zero-order valence-electron chi connectivity index (χ0n) is 51.0. The maximum absolute atomic E-state index is 12.9. The average molecular weight is 1170 g/mol. The molecule has 0 heterocycles. The largest absolute Gasteiger partial charge is 0.472 e. The van der Waals surface area contributed by atoms with E-state index in [-0.39, 0.29) is 25.7 Å². The van der Waals surface area contributed by atoms with Gasteiger partial charge in [-0.1, -0.05) is 229 Å². The number of aliphatic hydroxyl groups excluding tert-OH is 1. The third-order valence-electron chi connectivity index (χ3n) is 13.9. The summed E-state index contributed by atoms with van der Waals surface area (Å²) in [6.07, 6.45) is 28.4. The predicted octanol–water partition coefficient (Wildman–Crippen LogP) is 15.8. The monoisotopic (exact) mass is 1170 g/mol. The third-order valence-corrected chi connectivity index (χ3v) is 15.8. The summed E-state index contributed by atoms with van der Waals surface area (Å²) in [6, 6.07) is 0. The van der Waals surface area contributed by atoms with Crippen molar-refractivity contribution in [1.82, 2.24) is 0 Å². The van der Waals surface area contributed by atoms with Crippen LogP contribution in [0.2, 0.25) is 0 Å². The van der Waals surface area contributed by atoms with Crippen molar-refractivity contribution in [2.45, 2.75) is 298 Å². The molecule has 0 amide bonds. The number of rotatable bonds is 57. The van der Waals surface area contributed by atoms with Crippen molar-refractivity contribution in [2.75, 3.05) is 39.6 Å². The lowest BCUT2D eigenvalue weighted by molar-refractivity contribution is -0.161. The van der Waals surface area contributed by atoms with E-state index < -0.39 is 97.5 Å². The van der Waals surface area contributed by atoms with Crippen molar-refractivity contribution in [3.05, 3.63) is 0 Å². The number of phosphoric acid groups is 2. The first-order valence-corrected chi connectivity index (χ1v) is 34.2. The summed E-state index contributed by atoms with van der Waals surface area (Å²) in [6.45, 7) is 13.8. The standard InChI is InChI=1S/C60H116O17P2/c1-9-53(8)39-31-23-17-19-25-33-41-58(63)71-47-55(76-59(64)42-34-26-15-11-13-21-29-37-51(4)5)48-74-78(66,67)72-44-54(61)45-73-79(68,69)75-49-56(77-60(65)43-35-27-18-16-22-30-38-52(6)7)46-70-57(62)40-32-24-14-10-12-20-28-36-50(2)3/h50-56,61H,9-49H2,1-8H3,(H,66,67)(H,68,69)/t53?,54-,55+,56+/m0/s1. The molecule has 0 aromatic rings. The van der Waals surface area contributed by atoms with Crippen LogP contribution in [0.25, 0.3) is 0 Å². The normalized spacial score (nSPS) is 14.9. The van der Waals surface area contributed by atoms with Crippen LogP contribution in [0.15, 0.2) is 0 Å². The Hall–Kier alpha value is -1.94. The van der Waals surface area contributed by atoms with Gasteiger partial charge < -0.3 is 33.8 Å². The van der Waals surface area contributed by atoms with Crippen LogP contribution >= 0.6 is 15.6 Å². The Balaban J connectivity index is 5.25. The number of hydrogen-bond donors (Lipinski definition) is 3. The Bertz CT molecular complexity index is 1600. The quantitative estimate of drug-likeness (QED) is 0.0222. The number of unbranched alkanes of at least 4 members (excludes halogenated alkanes) is 22. The van der Waals surface area contributed by atoms with Crippen LogP contribution in [0.4, 0.5) is 0 Å². The molecule has 6 atom stereocenters. The molecule has 0 fully saturated rings. The number of ether oxygens (including phenoxy) is 4. The highest BCUT2D eigenvalue weighted by molar-refractivity contribution is 7.47. The van der Waals surface area contributed by atoms with Crippen LogP contribution < -0.4 is 0 Å². The lowest BCUT2D eigenvalue weighted by Crippen LogP contribution is -2.30. The van der Waals surface area contributed by atoms with E-state index in [1.54, 1.807) is 0 Å². The van der Waals surface area contributed by atoms with E-state index in [0.29, 0.717) is 43.4 Å². The van der Waals surface area contributed by atoms with E-state index in [0.717, 1.165) is 109 Å². The molecule has 0 aromatic heterocycles. The molecule has 3 unspecified atom stereocenters. The SMILES string of the molecule is CCC(C)CCCCCCCCC(=O)OC[C@H](COP(=O)(O)OC[C@H](O)COP(=O)(O)OC[C@@H](COC(=O)CCCCCCCCCC(C)C)OC(=O)CCCCCCCCC(C)C)OC(=O)CCCCCCCCCC(C)C. The Kier molecular flexibility index (Phi) is 49.3.